The minimum absolute atomic E-state index is 0.0655. The van der Waals surface area contributed by atoms with Crippen LogP contribution in [0.4, 0.5) is 0 Å². The first-order valence-corrected chi connectivity index (χ1v) is 9.90. The van der Waals surface area contributed by atoms with E-state index in [4.69, 9.17) is 4.74 Å². The molecule has 0 bridgehead atoms. The highest BCUT2D eigenvalue weighted by Crippen LogP contribution is 2.64. The summed E-state index contributed by atoms with van der Waals surface area (Å²) in [5.74, 6) is 1.38. The van der Waals surface area contributed by atoms with E-state index >= 15 is 0 Å². The molecule has 7 unspecified atom stereocenters. The van der Waals surface area contributed by atoms with Crippen LogP contribution < -0.4 is 0 Å². The van der Waals surface area contributed by atoms with Crippen molar-refractivity contribution in [2.24, 2.45) is 40.4 Å². The molecule has 7 atom stereocenters. The van der Waals surface area contributed by atoms with Crippen molar-refractivity contribution in [2.75, 3.05) is 7.11 Å². The molecular weight excluding hydrogens is 316 g/mol. The molecule has 1 N–H and O–H groups in total. The normalized spacial score (nSPS) is 46.1. The third-order valence-corrected chi connectivity index (χ3v) is 8.38. The summed E-state index contributed by atoms with van der Waals surface area (Å²) in [5, 5.41) is 10.5. The number of hydrogen-bond donors (Lipinski definition) is 1. The highest BCUT2D eigenvalue weighted by Gasteiger charge is 2.61. The molecule has 25 heavy (non-hydrogen) atoms. The Morgan fingerprint density at radius 3 is 2.56 bits per heavy atom. The van der Waals surface area contributed by atoms with Gasteiger partial charge in [0.2, 0.25) is 0 Å². The second-order valence-electron chi connectivity index (χ2n) is 9.71. The summed E-state index contributed by atoms with van der Waals surface area (Å²) in [5.41, 5.74) is -0.0917. The highest BCUT2D eigenvalue weighted by atomic mass is 16.5. The fraction of sp³-hybridized carbons (Fsp3) is 0.905. The van der Waals surface area contributed by atoms with Crippen molar-refractivity contribution in [1.29, 1.82) is 0 Å². The SMILES string of the molecule is COC(=O)CC1CCC2C(C(=O)CC3C(C)(C)C(O)CCC23C)C1C. The van der Waals surface area contributed by atoms with Crippen molar-refractivity contribution in [3.63, 3.8) is 0 Å². The van der Waals surface area contributed by atoms with Crippen LogP contribution in [0.2, 0.25) is 0 Å². The Bertz CT molecular complexity index is 554. The van der Waals surface area contributed by atoms with Gasteiger partial charge in [-0.05, 0) is 60.2 Å². The molecule has 0 aromatic heterocycles. The van der Waals surface area contributed by atoms with Gasteiger partial charge in [-0.3, -0.25) is 9.59 Å². The minimum Gasteiger partial charge on any atom is -0.469 e. The Morgan fingerprint density at radius 2 is 1.92 bits per heavy atom. The Kier molecular flexibility index (Phi) is 4.81. The molecule has 3 saturated carbocycles. The molecule has 0 aliphatic heterocycles. The number of Topliss-reactive ketones (excluding diaryl/α,β-unsaturated/α-hetero) is 1. The van der Waals surface area contributed by atoms with Crippen LogP contribution in [-0.4, -0.2) is 30.1 Å². The first-order chi connectivity index (χ1) is 11.6. The van der Waals surface area contributed by atoms with Crippen LogP contribution in [0, 0.1) is 40.4 Å². The standard InChI is InChI=1S/C21H34O4/c1-12-13(10-18(24)25-5)6-7-14-19(12)15(22)11-16-20(2,3)17(23)8-9-21(14,16)4/h12-14,16-17,19,23H,6-11H2,1-5H3. The van der Waals surface area contributed by atoms with E-state index in [2.05, 4.69) is 27.7 Å². The summed E-state index contributed by atoms with van der Waals surface area (Å²) in [4.78, 5) is 24.9. The number of aliphatic hydroxyl groups is 1. The zero-order valence-electron chi connectivity index (χ0n) is 16.4. The van der Waals surface area contributed by atoms with Crippen LogP contribution in [0.3, 0.4) is 0 Å². The van der Waals surface area contributed by atoms with Crippen molar-refractivity contribution in [2.45, 2.75) is 72.3 Å². The number of esters is 1. The number of fused-ring (bicyclic) bond motifs is 3. The van der Waals surface area contributed by atoms with Gasteiger partial charge in [0.25, 0.3) is 0 Å². The summed E-state index contributed by atoms with van der Waals surface area (Å²) in [6.07, 6.45) is 4.54. The lowest BCUT2D eigenvalue weighted by Crippen LogP contribution is -2.60. The average Bonchev–Trinajstić information content (AvgIpc) is 2.56. The number of carbonyl (C=O) groups is 2. The second-order valence-corrected chi connectivity index (χ2v) is 9.71. The number of carbonyl (C=O) groups excluding carboxylic acids is 2. The summed E-state index contributed by atoms with van der Waals surface area (Å²) >= 11 is 0. The minimum atomic E-state index is -0.317. The predicted octanol–water partition coefficient (Wildman–Crippen LogP) is 3.60. The van der Waals surface area contributed by atoms with Crippen molar-refractivity contribution < 1.29 is 19.4 Å². The van der Waals surface area contributed by atoms with Crippen LogP contribution in [0.1, 0.15) is 66.2 Å². The van der Waals surface area contributed by atoms with Crippen LogP contribution >= 0.6 is 0 Å². The van der Waals surface area contributed by atoms with Gasteiger partial charge in [0.05, 0.1) is 13.2 Å². The number of rotatable bonds is 2. The molecule has 4 nitrogen and oxygen atoms in total. The third-order valence-electron chi connectivity index (χ3n) is 8.38. The van der Waals surface area contributed by atoms with Crippen LogP contribution in [-0.2, 0) is 14.3 Å². The summed E-state index contributed by atoms with van der Waals surface area (Å²) in [6, 6.07) is 0. The van der Waals surface area contributed by atoms with Gasteiger partial charge in [-0.1, -0.05) is 27.7 Å². The molecule has 142 valence electrons. The lowest BCUT2D eigenvalue weighted by atomic mass is 9.42. The number of methoxy groups -OCH3 is 1. The van der Waals surface area contributed by atoms with Gasteiger partial charge < -0.3 is 9.84 Å². The van der Waals surface area contributed by atoms with Crippen molar-refractivity contribution in [3.8, 4) is 0 Å². The molecule has 3 aliphatic rings. The molecule has 0 radical (unpaired) electrons. The maximum Gasteiger partial charge on any atom is 0.305 e. The first kappa shape index (κ1) is 18.9. The maximum atomic E-state index is 13.1. The Labute approximate surface area is 151 Å². The van der Waals surface area contributed by atoms with Gasteiger partial charge in [-0.15, -0.1) is 0 Å². The lowest BCUT2D eigenvalue weighted by Gasteiger charge is -2.62. The van der Waals surface area contributed by atoms with Gasteiger partial charge in [0.1, 0.15) is 5.78 Å². The number of ether oxygens (including phenoxy) is 1. The van der Waals surface area contributed by atoms with Gasteiger partial charge >= 0.3 is 5.97 Å². The molecule has 4 heteroatoms. The molecule has 0 heterocycles. The van der Waals surface area contributed by atoms with E-state index in [0.29, 0.717) is 24.5 Å². The fourth-order valence-corrected chi connectivity index (χ4v) is 6.69. The smallest absolute Gasteiger partial charge is 0.305 e. The summed E-state index contributed by atoms with van der Waals surface area (Å²) < 4.78 is 4.86. The molecule has 3 fully saturated rings. The van der Waals surface area contributed by atoms with Crippen molar-refractivity contribution >= 4 is 11.8 Å². The molecule has 0 aromatic rings. The highest BCUT2D eigenvalue weighted by molar-refractivity contribution is 5.83. The van der Waals surface area contributed by atoms with E-state index in [1.807, 2.05) is 0 Å². The van der Waals surface area contributed by atoms with Crippen LogP contribution in [0.25, 0.3) is 0 Å². The predicted molar refractivity (Wildman–Crippen MR) is 95.7 cm³/mol. The van der Waals surface area contributed by atoms with E-state index in [1.54, 1.807) is 0 Å². The molecule has 3 rings (SSSR count). The molecule has 0 aromatic carbocycles. The lowest BCUT2D eigenvalue weighted by molar-refractivity contribution is -0.179. The topological polar surface area (TPSA) is 63.6 Å². The van der Waals surface area contributed by atoms with E-state index in [0.717, 1.165) is 25.7 Å². The Morgan fingerprint density at radius 1 is 1.24 bits per heavy atom. The van der Waals surface area contributed by atoms with Gasteiger partial charge in [0.15, 0.2) is 0 Å². The first-order valence-electron chi connectivity index (χ1n) is 9.90. The van der Waals surface area contributed by atoms with Crippen LogP contribution in [0.5, 0.6) is 0 Å². The Balaban J connectivity index is 1.88. The van der Waals surface area contributed by atoms with Gasteiger partial charge in [0, 0.05) is 18.8 Å². The van der Waals surface area contributed by atoms with Crippen molar-refractivity contribution in [1.82, 2.24) is 0 Å². The zero-order valence-corrected chi connectivity index (χ0v) is 16.4. The molecule has 0 saturated heterocycles. The van der Waals surface area contributed by atoms with E-state index in [9.17, 15) is 14.7 Å². The van der Waals surface area contributed by atoms with E-state index < -0.39 is 0 Å². The largest absolute Gasteiger partial charge is 0.469 e. The Hall–Kier alpha value is -0.900. The van der Waals surface area contributed by atoms with Crippen LogP contribution in [0.15, 0.2) is 0 Å². The van der Waals surface area contributed by atoms with E-state index in [1.165, 1.54) is 7.11 Å². The number of hydrogen-bond acceptors (Lipinski definition) is 4. The number of ketones is 1. The monoisotopic (exact) mass is 350 g/mol. The third kappa shape index (κ3) is 2.85. The molecule has 0 spiro atoms. The molecule has 3 aliphatic carbocycles. The molecular formula is C21H34O4. The summed E-state index contributed by atoms with van der Waals surface area (Å²) in [6.45, 7) is 8.80. The average molecular weight is 350 g/mol. The zero-order chi connectivity index (χ0) is 18.6. The van der Waals surface area contributed by atoms with Gasteiger partial charge in [-0.25, -0.2) is 0 Å². The van der Waals surface area contributed by atoms with Gasteiger partial charge in [-0.2, -0.15) is 0 Å². The maximum absolute atomic E-state index is 13.1. The quantitative estimate of drug-likeness (QED) is 0.773. The number of aliphatic hydroxyl groups excluding tert-OH is 1. The van der Waals surface area contributed by atoms with Crippen molar-refractivity contribution in [3.05, 3.63) is 0 Å². The van der Waals surface area contributed by atoms with E-state index in [-0.39, 0.29) is 46.6 Å². The fourth-order valence-electron chi connectivity index (χ4n) is 6.69. The second kappa shape index (κ2) is 6.37. The summed E-state index contributed by atoms with van der Waals surface area (Å²) in [7, 11) is 1.44. The molecule has 0 amide bonds.